The number of rotatable bonds is 3. The topological polar surface area (TPSA) is 85.3 Å². The average molecular weight is 321 g/mol. The van der Waals surface area contributed by atoms with Crippen LogP contribution in [0.2, 0.25) is 0 Å². The fraction of sp³-hybridized carbons (Fsp3) is 0.500. The Hall–Kier alpha value is -2.44. The summed E-state index contributed by atoms with van der Waals surface area (Å²) in [4.78, 5) is 25.6. The number of ether oxygens (including phenoxy) is 3. The summed E-state index contributed by atoms with van der Waals surface area (Å²) in [6.45, 7) is 3.03. The molecular formula is C16H19NO6. The van der Waals surface area contributed by atoms with E-state index in [0.29, 0.717) is 49.0 Å². The van der Waals surface area contributed by atoms with Gasteiger partial charge in [0, 0.05) is 18.2 Å². The number of carbonyl (C=O) groups excluding carboxylic acids is 1. The molecule has 0 aliphatic carbocycles. The minimum Gasteiger partial charge on any atom is -0.493 e. The van der Waals surface area contributed by atoms with E-state index in [1.54, 1.807) is 24.0 Å². The van der Waals surface area contributed by atoms with Crippen molar-refractivity contribution >= 4 is 11.9 Å². The van der Waals surface area contributed by atoms with Crippen LogP contribution in [0.1, 0.15) is 23.7 Å². The van der Waals surface area contributed by atoms with Gasteiger partial charge in [0.15, 0.2) is 11.5 Å². The fourth-order valence-corrected chi connectivity index (χ4v) is 3.12. The van der Waals surface area contributed by atoms with Gasteiger partial charge in [-0.05, 0) is 25.5 Å². The molecule has 1 amide bonds. The standard InChI is InChI=1S/C16H19NO6/c1-9-11(16(19)20)3-4-17(9)15(18)10-7-12(21-2)14-13(8-10)22-5-6-23-14/h7-9,11H,3-6H2,1-2H3,(H,19,20). The molecule has 3 rings (SSSR count). The zero-order valence-electron chi connectivity index (χ0n) is 13.1. The predicted octanol–water partition coefficient (Wildman–Crippen LogP) is 1.40. The number of carboxylic acid groups (broad SMARTS) is 1. The molecule has 0 radical (unpaired) electrons. The number of carbonyl (C=O) groups is 2. The highest BCUT2D eigenvalue weighted by Crippen LogP contribution is 2.41. The molecule has 2 aliphatic heterocycles. The predicted molar refractivity (Wildman–Crippen MR) is 80.2 cm³/mol. The summed E-state index contributed by atoms with van der Waals surface area (Å²) in [6, 6.07) is 2.88. The molecule has 0 bridgehead atoms. The van der Waals surface area contributed by atoms with Crippen LogP contribution in [-0.2, 0) is 4.79 Å². The van der Waals surface area contributed by atoms with E-state index in [1.807, 2.05) is 0 Å². The Morgan fingerprint density at radius 3 is 2.70 bits per heavy atom. The molecule has 0 saturated carbocycles. The highest BCUT2D eigenvalue weighted by Gasteiger charge is 2.38. The van der Waals surface area contributed by atoms with Crippen LogP contribution >= 0.6 is 0 Å². The summed E-state index contributed by atoms with van der Waals surface area (Å²) in [5, 5.41) is 9.20. The van der Waals surface area contributed by atoms with Crippen LogP contribution in [0.5, 0.6) is 17.2 Å². The molecule has 23 heavy (non-hydrogen) atoms. The summed E-state index contributed by atoms with van der Waals surface area (Å²) in [7, 11) is 1.50. The summed E-state index contributed by atoms with van der Waals surface area (Å²) in [5.74, 6) is -0.219. The van der Waals surface area contributed by atoms with Crippen molar-refractivity contribution in [3.05, 3.63) is 17.7 Å². The Labute approximate surface area is 133 Å². The SMILES string of the molecule is COc1cc(C(=O)N2CCC(C(=O)O)C2C)cc2c1OCCO2. The van der Waals surface area contributed by atoms with E-state index in [4.69, 9.17) is 14.2 Å². The average Bonchev–Trinajstić information content (AvgIpc) is 2.94. The first-order valence-electron chi connectivity index (χ1n) is 7.54. The number of likely N-dealkylation sites (tertiary alicyclic amines) is 1. The van der Waals surface area contributed by atoms with E-state index in [9.17, 15) is 14.7 Å². The minimum absolute atomic E-state index is 0.225. The third-order valence-electron chi connectivity index (χ3n) is 4.41. The molecule has 0 spiro atoms. The fourth-order valence-electron chi connectivity index (χ4n) is 3.12. The second-order valence-electron chi connectivity index (χ2n) is 5.68. The van der Waals surface area contributed by atoms with Crippen LogP contribution in [-0.4, -0.2) is 54.8 Å². The van der Waals surface area contributed by atoms with Gasteiger partial charge in [0.05, 0.1) is 13.0 Å². The van der Waals surface area contributed by atoms with Crippen LogP contribution < -0.4 is 14.2 Å². The zero-order valence-corrected chi connectivity index (χ0v) is 13.1. The lowest BCUT2D eigenvalue weighted by molar-refractivity contribution is -0.142. The highest BCUT2D eigenvalue weighted by atomic mass is 16.6. The zero-order chi connectivity index (χ0) is 16.6. The van der Waals surface area contributed by atoms with Crippen LogP contribution in [0.3, 0.4) is 0 Å². The summed E-state index contributed by atoms with van der Waals surface area (Å²) in [6.07, 6.45) is 0.462. The Kier molecular flexibility index (Phi) is 4.02. The molecule has 1 fully saturated rings. The van der Waals surface area contributed by atoms with E-state index < -0.39 is 11.9 Å². The van der Waals surface area contributed by atoms with Crippen molar-refractivity contribution in [1.29, 1.82) is 0 Å². The Morgan fingerprint density at radius 1 is 1.30 bits per heavy atom. The van der Waals surface area contributed by atoms with Crippen molar-refractivity contribution in [3.8, 4) is 17.2 Å². The van der Waals surface area contributed by atoms with Crippen molar-refractivity contribution in [2.45, 2.75) is 19.4 Å². The normalized spacial score (nSPS) is 22.8. The van der Waals surface area contributed by atoms with Crippen LogP contribution in [0.25, 0.3) is 0 Å². The second-order valence-corrected chi connectivity index (χ2v) is 5.68. The molecule has 1 aromatic carbocycles. The number of hydrogen-bond donors (Lipinski definition) is 1. The number of fused-ring (bicyclic) bond motifs is 1. The molecule has 2 aliphatic rings. The quantitative estimate of drug-likeness (QED) is 0.906. The van der Waals surface area contributed by atoms with Crippen molar-refractivity contribution in [2.75, 3.05) is 26.9 Å². The molecule has 2 unspecified atom stereocenters. The van der Waals surface area contributed by atoms with E-state index in [2.05, 4.69) is 0 Å². The Morgan fingerprint density at radius 2 is 2.04 bits per heavy atom. The van der Waals surface area contributed by atoms with Crippen LogP contribution in [0.15, 0.2) is 12.1 Å². The van der Waals surface area contributed by atoms with Crippen LogP contribution in [0, 0.1) is 5.92 Å². The second kappa shape index (κ2) is 5.98. The third-order valence-corrected chi connectivity index (χ3v) is 4.41. The molecule has 0 aromatic heterocycles. The molecule has 2 atom stereocenters. The van der Waals surface area contributed by atoms with Gasteiger partial charge in [0.1, 0.15) is 13.2 Å². The van der Waals surface area contributed by atoms with Gasteiger partial charge < -0.3 is 24.2 Å². The molecule has 7 heteroatoms. The smallest absolute Gasteiger partial charge is 0.308 e. The Bertz CT molecular complexity index is 626. The molecule has 7 nitrogen and oxygen atoms in total. The maximum Gasteiger partial charge on any atom is 0.308 e. The van der Waals surface area contributed by atoms with Gasteiger partial charge in [0.2, 0.25) is 5.75 Å². The lowest BCUT2D eigenvalue weighted by Crippen LogP contribution is -2.37. The number of nitrogens with zero attached hydrogens (tertiary/aromatic N) is 1. The summed E-state index contributed by atoms with van der Waals surface area (Å²) in [5.41, 5.74) is 0.406. The number of methoxy groups -OCH3 is 1. The van der Waals surface area contributed by atoms with Gasteiger partial charge in [-0.3, -0.25) is 9.59 Å². The molecular weight excluding hydrogens is 302 g/mol. The molecule has 124 valence electrons. The van der Waals surface area contributed by atoms with Crippen molar-refractivity contribution in [1.82, 2.24) is 4.90 Å². The maximum atomic E-state index is 12.8. The largest absolute Gasteiger partial charge is 0.493 e. The van der Waals surface area contributed by atoms with Gasteiger partial charge in [0.25, 0.3) is 5.91 Å². The van der Waals surface area contributed by atoms with Gasteiger partial charge >= 0.3 is 5.97 Å². The molecule has 1 saturated heterocycles. The first kappa shape index (κ1) is 15.5. The van der Waals surface area contributed by atoms with Gasteiger partial charge in [-0.15, -0.1) is 0 Å². The molecule has 2 heterocycles. The monoisotopic (exact) mass is 321 g/mol. The summed E-state index contributed by atoms with van der Waals surface area (Å²) < 4.78 is 16.3. The summed E-state index contributed by atoms with van der Waals surface area (Å²) >= 11 is 0. The molecule has 1 N–H and O–H groups in total. The highest BCUT2D eigenvalue weighted by molar-refractivity contribution is 5.96. The maximum absolute atomic E-state index is 12.8. The minimum atomic E-state index is -0.868. The van der Waals surface area contributed by atoms with E-state index in [1.165, 1.54) is 7.11 Å². The van der Waals surface area contributed by atoms with Crippen LogP contribution in [0.4, 0.5) is 0 Å². The lowest BCUT2D eigenvalue weighted by Gasteiger charge is -2.25. The third kappa shape index (κ3) is 2.67. The van der Waals surface area contributed by atoms with Gasteiger partial charge in [-0.2, -0.15) is 0 Å². The van der Waals surface area contributed by atoms with E-state index in [0.717, 1.165) is 0 Å². The number of amides is 1. The van der Waals surface area contributed by atoms with Crippen molar-refractivity contribution < 1.29 is 28.9 Å². The van der Waals surface area contributed by atoms with Crippen molar-refractivity contribution in [2.24, 2.45) is 5.92 Å². The number of aliphatic carboxylic acids is 1. The van der Waals surface area contributed by atoms with E-state index >= 15 is 0 Å². The Balaban J connectivity index is 1.90. The molecule has 1 aromatic rings. The number of benzene rings is 1. The van der Waals surface area contributed by atoms with Gasteiger partial charge in [-0.1, -0.05) is 0 Å². The van der Waals surface area contributed by atoms with Crippen molar-refractivity contribution in [3.63, 3.8) is 0 Å². The van der Waals surface area contributed by atoms with E-state index in [-0.39, 0.29) is 11.9 Å². The lowest BCUT2D eigenvalue weighted by atomic mass is 10.0. The first-order chi connectivity index (χ1) is 11.0. The number of hydrogen-bond acceptors (Lipinski definition) is 5. The first-order valence-corrected chi connectivity index (χ1v) is 7.54. The van der Waals surface area contributed by atoms with Gasteiger partial charge in [-0.25, -0.2) is 0 Å². The number of carboxylic acids is 1.